The first-order valence-electron chi connectivity index (χ1n) is 6.69. The summed E-state index contributed by atoms with van der Waals surface area (Å²) >= 11 is 0. The second-order valence-corrected chi connectivity index (χ2v) is 4.68. The Morgan fingerprint density at radius 3 is 2.60 bits per heavy atom. The molecular formula is C15H22N2O3. The van der Waals surface area contributed by atoms with Crippen LogP contribution in [0.3, 0.4) is 0 Å². The number of carbonyl (C=O) groups is 2. The van der Waals surface area contributed by atoms with Gasteiger partial charge in [-0.3, -0.25) is 14.9 Å². The van der Waals surface area contributed by atoms with Crippen molar-refractivity contribution in [2.75, 3.05) is 12.4 Å². The zero-order valence-electron chi connectivity index (χ0n) is 12.4. The van der Waals surface area contributed by atoms with Crippen LogP contribution in [-0.4, -0.2) is 25.0 Å². The van der Waals surface area contributed by atoms with E-state index in [2.05, 4.69) is 10.6 Å². The highest BCUT2D eigenvalue weighted by Gasteiger charge is 2.19. The van der Waals surface area contributed by atoms with E-state index < -0.39 is 0 Å². The lowest BCUT2D eigenvalue weighted by molar-refractivity contribution is -0.143. The van der Waals surface area contributed by atoms with Crippen LogP contribution in [0, 0.1) is 0 Å². The van der Waals surface area contributed by atoms with Crippen LogP contribution in [0.4, 0.5) is 5.69 Å². The molecule has 0 spiro atoms. The van der Waals surface area contributed by atoms with Crippen molar-refractivity contribution >= 4 is 17.6 Å². The molecule has 0 aliphatic carbocycles. The maximum atomic E-state index is 11.6. The fraction of sp³-hybridized carbons (Fsp3) is 0.467. The Labute approximate surface area is 119 Å². The molecule has 0 radical (unpaired) electrons. The third-order valence-corrected chi connectivity index (χ3v) is 3.05. The summed E-state index contributed by atoms with van der Waals surface area (Å²) in [5, 5.41) is 5.97. The molecule has 2 unspecified atom stereocenters. The summed E-state index contributed by atoms with van der Waals surface area (Å²) in [6.45, 7) is 5.37. The maximum Gasteiger partial charge on any atom is 0.322 e. The Bertz CT molecular complexity index is 474. The first-order valence-corrected chi connectivity index (χ1v) is 6.69. The molecule has 1 aromatic carbocycles. The number of hydrogen-bond donors (Lipinski definition) is 2. The molecule has 20 heavy (non-hydrogen) atoms. The summed E-state index contributed by atoms with van der Waals surface area (Å²) in [4.78, 5) is 22.6. The molecule has 0 bridgehead atoms. The molecule has 0 saturated carbocycles. The minimum absolute atomic E-state index is 0.0206. The van der Waals surface area contributed by atoms with Crippen LogP contribution >= 0.6 is 0 Å². The molecule has 0 aromatic heterocycles. The van der Waals surface area contributed by atoms with E-state index in [9.17, 15) is 9.59 Å². The number of nitrogens with one attached hydrogen (secondary N) is 2. The molecule has 1 rings (SSSR count). The number of rotatable bonds is 6. The third-order valence-electron chi connectivity index (χ3n) is 3.05. The monoisotopic (exact) mass is 278 g/mol. The lowest BCUT2D eigenvalue weighted by Crippen LogP contribution is -2.38. The Morgan fingerprint density at radius 1 is 1.35 bits per heavy atom. The number of carbonyl (C=O) groups excluding carboxylic acids is 2. The van der Waals surface area contributed by atoms with Gasteiger partial charge < -0.3 is 10.1 Å². The van der Waals surface area contributed by atoms with Crippen LogP contribution in [0.5, 0.6) is 0 Å². The van der Waals surface area contributed by atoms with Gasteiger partial charge in [0.1, 0.15) is 6.04 Å². The highest BCUT2D eigenvalue weighted by molar-refractivity contribution is 5.88. The second kappa shape index (κ2) is 7.65. The van der Waals surface area contributed by atoms with Gasteiger partial charge in [-0.15, -0.1) is 0 Å². The number of ether oxygens (including phenoxy) is 1. The van der Waals surface area contributed by atoms with Gasteiger partial charge in [-0.05, 0) is 31.0 Å². The molecule has 1 aromatic rings. The van der Waals surface area contributed by atoms with E-state index in [0.29, 0.717) is 6.42 Å². The smallest absolute Gasteiger partial charge is 0.322 e. The topological polar surface area (TPSA) is 67.4 Å². The van der Waals surface area contributed by atoms with E-state index in [0.717, 1.165) is 11.3 Å². The first-order chi connectivity index (χ1) is 9.47. The van der Waals surface area contributed by atoms with Crippen molar-refractivity contribution < 1.29 is 14.3 Å². The van der Waals surface area contributed by atoms with Crippen molar-refractivity contribution in [3.05, 3.63) is 29.8 Å². The molecule has 0 aliphatic rings. The average Bonchev–Trinajstić information content (AvgIpc) is 2.43. The van der Waals surface area contributed by atoms with Crippen molar-refractivity contribution in [2.45, 2.75) is 39.3 Å². The van der Waals surface area contributed by atoms with E-state index in [1.165, 1.54) is 14.0 Å². The number of methoxy groups -OCH3 is 1. The van der Waals surface area contributed by atoms with Crippen LogP contribution in [0.1, 0.15) is 38.8 Å². The lowest BCUT2D eigenvalue weighted by Gasteiger charge is -2.21. The van der Waals surface area contributed by atoms with Crippen LogP contribution < -0.4 is 10.6 Å². The molecule has 5 heteroatoms. The van der Waals surface area contributed by atoms with Gasteiger partial charge in [-0.1, -0.05) is 19.1 Å². The quantitative estimate of drug-likeness (QED) is 0.783. The van der Waals surface area contributed by atoms with Gasteiger partial charge in [-0.25, -0.2) is 0 Å². The summed E-state index contributed by atoms with van der Waals surface area (Å²) in [5.74, 6) is -0.374. The normalized spacial score (nSPS) is 13.4. The number of anilines is 1. The zero-order valence-corrected chi connectivity index (χ0v) is 12.4. The summed E-state index contributed by atoms with van der Waals surface area (Å²) in [7, 11) is 1.38. The molecule has 0 heterocycles. The summed E-state index contributed by atoms with van der Waals surface area (Å²) < 4.78 is 4.76. The Hall–Kier alpha value is -1.88. The zero-order chi connectivity index (χ0) is 15.1. The highest BCUT2D eigenvalue weighted by Crippen LogP contribution is 2.18. The average molecular weight is 278 g/mol. The SMILES string of the molecule is CCC(NC(C)c1cccc(NC(C)=O)c1)C(=O)OC. The van der Waals surface area contributed by atoms with Crippen LogP contribution in [0.25, 0.3) is 0 Å². The van der Waals surface area contributed by atoms with Crippen molar-refractivity contribution in [1.29, 1.82) is 0 Å². The van der Waals surface area contributed by atoms with Crippen molar-refractivity contribution in [1.82, 2.24) is 5.32 Å². The summed E-state index contributed by atoms with van der Waals surface area (Å²) in [5.41, 5.74) is 1.74. The molecule has 110 valence electrons. The van der Waals surface area contributed by atoms with Gasteiger partial charge in [0, 0.05) is 18.7 Å². The fourth-order valence-electron chi connectivity index (χ4n) is 1.98. The van der Waals surface area contributed by atoms with Crippen LogP contribution in [-0.2, 0) is 14.3 Å². The van der Waals surface area contributed by atoms with Crippen molar-refractivity contribution in [2.24, 2.45) is 0 Å². The van der Waals surface area contributed by atoms with E-state index in [1.54, 1.807) is 0 Å². The minimum Gasteiger partial charge on any atom is -0.468 e. The molecular weight excluding hydrogens is 256 g/mol. The predicted octanol–water partition coefficient (Wildman–Crippen LogP) is 2.25. The molecule has 5 nitrogen and oxygen atoms in total. The molecule has 2 atom stereocenters. The molecule has 1 amide bonds. The van der Waals surface area contributed by atoms with Crippen molar-refractivity contribution in [3.8, 4) is 0 Å². The number of benzene rings is 1. The fourth-order valence-corrected chi connectivity index (χ4v) is 1.98. The van der Waals surface area contributed by atoms with Gasteiger partial charge in [-0.2, -0.15) is 0 Å². The maximum absolute atomic E-state index is 11.6. The minimum atomic E-state index is -0.334. The van der Waals surface area contributed by atoms with Gasteiger partial charge in [0.2, 0.25) is 5.91 Å². The molecule has 0 saturated heterocycles. The van der Waals surface area contributed by atoms with E-state index in [4.69, 9.17) is 4.74 Å². The van der Waals surface area contributed by atoms with E-state index in [1.807, 2.05) is 38.1 Å². The number of esters is 1. The number of amides is 1. The van der Waals surface area contributed by atoms with Gasteiger partial charge in [0.25, 0.3) is 0 Å². The first kappa shape index (κ1) is 16.2. The Kier molecular flexibility index (Phi) is 6.18. The lowest BCUT2D eigenvalue weighted by atomic mass is 10.1. The Balaban J connectivity index is 2.78. The second-order valence-electron chi connectivity index (χ2n) is 4.68. The molecule has 0 aliphatic heterocycles. The Morgan fingerprint density at radius 2 is 2.05 bits per heavy atom. The summed E-state index contributed by atoms with van der Waals surface area (Å²) in [6.07, 6.45) is 0.655. The summed E-state index contributed by atoms with van der Waals surface area (Å²) in [6, 6.07) is 7.19. The highest BCUT2D eigenvalue weighted by atomic mass is 16.5. The molecule has 2 N–H and O–H groups in total. The third kappa shape index (κ3) is 4.66. The van der Waals surface area contributed by atoms with E-state index in [-0.39, 0.29) is 24.0 Å². The van der Waals surface area contributed by atoms with E-state index >= 15 is 0 Å². The standard InChI is InChI=1S/C15H22N2O3/c1-5-14(15(19)20-4)16-10(2)12-7-6-8-13(9-12)17-11(3)18/h6-10,14,16H,5H2,1-4H3,(H,17,18). The van der Waals surface area contributed by atoms with Gasteiger partial charge >= 0.3 is 5.97 Å². The van der Waals surface area contributed by atoms with Crippen molar-refractivity contribution in [3.63, 3.8) is 0 Å². The van der Waals surface area contributed by atoms with Crippen LogP contribution in [0.15, 0.2) is 24.3 Å². The van der Waals surface area contributed by atoms with Crippen LogP contribution in [0.2, 0.25) is 0 Å². The largest absolute Gasteiger partial charge is 0.468 e. The van der Waals surface area contributed by atoms with Gasteiger partial charge in [0.15, 0.2) is 0 Å². The molecule has 0 fully saturated rings. The number of hydrogen-bond acceptors (Lipinski definition) is 4. The van der Waals surface area contributed by atoms with Gasteiger partial charge in [0.05, 0.1) is 7.11 Å². The predicted molar refractivity (Wildman–Crippen MR) is 78.4 cm³/mol.